The molecular formula is C22H22N2O4. The van der Waals surface area contributed by atoms with Crippen molar-refractivity contribution in [3.05, 3.63) is 78.0 Å². The van der Waals surface area contributed by atoms with Gasteiger partial charge in [-0.3, -0.25) is 9.69 Å². The van der Waals surface area contributed by atoms with E-state index in [2.05, 4.69) is 4.98 Å². The zero-order chi connectivity index (χ0) is 19.9. The minimum Gasteiger partial charge on any atom is -0.497 e. The Balaban J connectivity index is 1.94. The highest BCUT2D eigenvalue weighted by Gasteiger charge is 2.20. The van der Waals surface area contributed by atoms with Gasteiger partial charge >= 0.3 is 0 Å². The van der Waals surface area contributed by atoms with Gasteiger partial charge in [0.2, 0.25) is 0 Å². The van der Waals surface area contributed by atoms with Crippen molar-refractivity contribution in [1.29, 1.82) is 0 Å². The molecule has 0 aliphatic carbocycles. The zero-order valence-electron chi connectivity index (χ0n) is 16.1. The summed E-state index contributed by atoms with van der Waals surface area (Å²) >= 11 is 0. The number of aromatic nitrogens is 1. The first-order chi connectivity index (χ1) is 13.7. The second-order valence-electron chi connectivity index (χ2n) is 6.00. The maximum atomic E-state index is 13.2. The molecule has 0 bridgehead atoms. The summed E-state index contributed by atoms with van der Waals surface area (Å²) in [5.41, 5.74) is 1.44. The van der Waals surface area contributed by atoms with Gasteiger partial charge in [-0.05, 0) is 54.1 Å². The minimum atomic E-state index is -0.156. The van der Waals surface area contributed by atoms with E-state index in [0.717, 1.165) is 5.56 Å². The lowest BCUT2D eigenvalue weighted by Crippen LogP contribution is -2.31. The molecule has 0 radical (unpaired) electrons. The van der Waals surface area contributed by atoms with Crippen molar-refractivity contribution in [2.45, 2.75) is 6.54 Å². The van der Waals surface area contributed by atoms with Crippen LogP contribution in [-0.2, 0) is 6.54 Å². The maximum absolute atomic E-state index is 13.2. The molecule has 0 saturated heterocycles. The van der Waals surface area contributed by atoms with Crippen molar-refractivity contribution in [1.82, 2.24) is 4.98 Å². The lowest BCUT2D eigenvalue weighted by molar-refractivity contribution is 0.0984. The molecule has 2 aromatic carbocycles. The summed E-state index contributed by atoms with van der Waals surface area (Å²) in [6.45, 7) is 0.336. The molecule has 0 spiro atoms. The molecule has 28 heavy (non-hydrogen) atoms. The Labute approximate surface area is 164 Å². The quantitative estimate of drug-likeness (QED) is 0.623. The number of amides is 1. The number of benzene rings is 2. The van der Waals surface area contributed by atoms with Crippen molar-refractivity contribution in [3.63, 3.8) is 0 Å². The number of hydrogen-bond donors (Lipinski definition) is 0. The van der Waals surface area contributed by atoms with E-state index in [1.54, 1.807) is 56.7 Å². The van der Waals surface area contributed by atoms with Crippen molar-refractivity contribution < 1.29 is 19.0 Å². The molecule has 0 N–H and O–H groups in total. The first kappa shape index (κ1) is 19.2. The monoisotopic (exact) mass is 378 g/mol. The van der Waals surface area contributed by atoms with Crippen LogP contribution in [-0.4, -0.2) is 32.2 Å². The molecule has 6 heteroatoms. The van der Waals surface area contributed by atoms with Gasteiger partial charge in [0.25, 0.3) is 5.91 Å². The van der Waals surface area contributed by atoms with Crippen LogP contribution in [0.15, 0.2) is 66.9 Å². The van der Waals surface area contributed by atoms with Crippen molar-refractivity contribution in [2.24, 2.45) is 0 Å². The molecule has 0 aliphatic heterocycles. The smallest absolute Gasteiger partial charge is 0.259 e. The van der Waals surface area contributed by atoms with Crippen LogP contribution in [0.2, 0.25) is 0 Å². The van der Waals surface area contributed by atoms with Gasteiger partial charge in [-0.2, -0.15) is 0 Å². The molecule has 0 unspecified atom stereocenters. The van der Waals surface area contributed by atoms with E-state index in [1.807, 2.05) is 36.4 Å². The number of pyridine rings is 1. The third-order valence-corrected chi connectivity index (χ3v) is 4.30. The third kappa shape index (κ3) is 4.23. The van der Waals surface area contributed by atoms with Crippen molar-refractivity contribution in [2.75, 3.05) is 26.2 Å². The molecule has 6 nitrogen and oxygen atoms in total. The van der Waals surface area contributed by atoms with Crippen LogP contribution in [0.4, 0.5) is 5.82 Å². The van der Waals surface area contributed by atoms with E-state index in [0.29, 0.717) is 35.2 Å². The predicted octanol–water partition coefficient (Wildman–Crippen LogP) is 3.95. The van der Waals surface area contributed by atoms with Crippen LogP contribution in [0.1, 0.15) is 15.9 Å². The molecule has 1 heterocycles. The molecule has 3 rings (SSSR count). The van der Waals surface area contributed by atoms with E-state index >= 15 is 0 Å². The van der Waals surface area contributed by atoms with Gasteiger partial charge in [-0.25, -0.2) is 4.98 Å². The molecule has 1 aromatic heterocycles. The largest absolute Gasteiger partial charge is 0.497 e. The first-order valence-electron chi connectivity index (χ1n) is 8.74. The number of carbonyl (C=O) groups excluding carboxylic acids is 1. The Morgan fingerprint density at radius 2 is 1.64 bits per heavy atom. The van der Waals surface area contributed by atoms with Gasteiger partial charge in [-0.1, -0.05) is 12.1 Å². The molecule has 0 fully saturated rings. The Morgan fingerprint density at radius 1 is 0.893 bits per heavy atom. The lowest BCUT2D eigenvalue weighted by atomic mass is 10.1. The summed E-state index contributed by atoms with van der Waals surface area (Å²) in [7, 11) is 4.76. The molecule has 0 aliphatic rings. The highest BCUT2D eigenvalue weighted by Crippen LogP contribution is 2.29. The summed E-state index contributed by atoms with van der Waals surface area (Å²) in [4.78, 5) is 19.2. The summed E-state index contributed by atoms with van der Waals surface area (Å²) in [5.74, 6) is 2.35. The van der Waals surface area contributed by atoms with Crippen molar-refractivity contribution >= 4 is 11.7 Å². The highest BCUT2D eigenvalue weighted by molar-refractivity contribution is 6.05. The van der Waals surface area contributed by atoms with Crippen LogP contribution in [0.5, 0.6) is 17.2 Å². The first-order valence-corrected chi connectivity index (χ1v) is 8.74. The standard InChI is InChI=1S/C22H22N2O4/c1-26-18-10-8-17(9-11-18)22(25)24(21-6-4-5-13-23-21)15-16-7-12-19(27-2)20(14-16)28-3/h4-14H,15H2,1-3H3. The number of carbonyl (C=O) groups is 1. The van der Waals surface area contributed by atoms with Gasteiger partial charge in [0.1, 0.15) is 11.6 Å². The summed E-state index contributed by atoms with van der Waals surface area (Å²) in [6.07, 6.45) is 1.66. The number of rotatable bonds is 7. The fraction of sp³-hybridized carbons (Fsp3) is 0.182. The Hall–Kier alpha value is -3.54. The second-order valence-corrected chi connectivity index (χ2v) is 6.00. The van der Waals surface area contributed by atoms with Gasteiger partial charge in [0.15, 0.2) is 11.5 Å². The summed E-state index contributed by atoms with van der Waals surface area (Å²) < 4.78 is 15.8. The molecule has 3 aromatic rings. The summed E-state index contributed by atoms with van der Waals surface area (Å²) in [5, 5.41) is 0. The van der Waals surface area contributed by atoms with Crippen LogP contribution in [0.3, 0.4) is 0 Å². The van der Waals surface area contributed by atoms with E-state index in [9.17, 15) is 4.79 Å². The van der Waals surface area contributed by atoms with Crippen molar-refractivity contribution in [3.8, 4) is 17.2 Å². The van der Waals surface area contributed by atoms with E-state index < -0.39 is 0 Å². The summed E-state index contributed by atoms with van der Waals surface area (Å²) in [6, 6.07) is 18.1. The highest BCUT2D eigenvalue weighted by atomic mass is 16.5. The van der Waals surface area contributed by atoms with Gasteiger partial charge < -0.3 is 14.2 Å². The lowest BCUT2D eigenvalue weighted by Gasteiger charge is -2.22. The normalized spacial score (nSPS) is 10.2. The number of hydrogen-bond acceptors (Lipinski definition) is 5. The minimum absolute atomic E-state index is 0.156. The van der Waals surface area contributed by atoms with Crippen LogP contribution < -0.4 is 19.1 Å². The topological polar surface area (TPSA) is 60.9 Å². The van der Waals surface area contributed by atoms with E-state index in [1.165, 1.54) is 0 Å². The SMILES string of the molecule is COc1ccc(C(=O)N(Cc2ccc(OC)c(OC)c2)c2ccccn2)cc1. The Bertz CT molecular complexity index is 927. The second kappa shape index (κ2) is 8.90. The predicted molar refractivity (Wildman–Crippen MR) is 107 cm³/mol. The number of anilines is 1. The third-order valence-electron chi connectivity index (χ3n) is 4.30. The Kier molecular flexibility index (Phi) is 6.11. The zero-order valence-corrected chi connectivity index (χ0v) is 16.1. The molecule has 0 atom stereocenters. The maximum Gasteiger partial charge on any atom is 0.259 e. The van der Waals surface area contributed by atoms with Gasteiger partial charge in [0.05, 0.1) is 27.9 Å². The van der Waals surface area contributed by atoms with Gasteiger partial charge in [0, 0.05) is 11.8 Å². The molecular weight excluding hydrogens is 356 g/mol. The molecule has 144 valence electrons. The van der Waals surface area contributed by atoms with Crippen LogP contribution in [0, 0.1) is 0 Å². The van der Waals surface area contributed by atoms with Gasteiger partial charge in [-0.15, -0.1) is 0 Å². The van der Waals surface area contributed by atoms with Crippen LogP contribution >= 0.6 is 0 Å². The molecule has 0 saturated carbocycles. The van der Waals surface area contributed by atoms with Crippen LogP contribution in [0.25, 0.3) is 0 Å². The average molecular weight is 378 g/mol. The fourth-order valence-corrected chi connectivity index (χ4v) is 2.82. The number of methoxy groups -OCH3 is 3. The number of ether oxygens (including phenoxy) is 3. The number of nitrogens with zero attached hydrogens (tertiary/aromatic N) is 2. The fourth-order valence-electron chi connectivity index (χ4n) is 2.82. The Morgan fingerprint density at radius 3 is 2.25 bits per heavy atom. The van der Waals surface area contributed by atoms with E-state index in [-0.39, 0.29) is 5.91 Å². The average Bonchev–Trinajstić information content (AvgIpc) is 2.77. The molecule has 1 amide bonds. The van der Waals surface area contributed by atoms with E-state index in [4.69, 9.17) is 14.2 Å².